The van der Waals surface area contributed by atoms with Crippen LogP contribution in [0.4, 0.5) is 0 Å². The molecule has 0 aliphatic carbocycles. The Hall–Kier alpha value is -6.82. The zero-order valence-corrected chi connectivity index (χ0v) is 39.6. The van der Waals surface area contributed by atoms with Gasteiger partial charge in [0.25, 0.3) is 0 Å². The van der Waals surface area contributed by atoms with Crippen molar-refractivity contribution in [2.75, 3.05) is 0 Å². The van der Waals surface area contributed by atoms with E-state index in [1.807, 2.05) is 17.5 Å². The molecule has 0 bridgehead atoms. The van der Waals surface area contributed by atoms with Crippen LogP contribution in [0, 0.1) is 0 Å². The van der Waals surface area contributed by atoms with Gasteiger partial charge in [0, 0.05) is 48.6 Å². The van der Waals surface area contributed by atoms with E-state index in [0.29, 0.717) is 11.4 Å². The van der Waals surface area contributed by atoms with Crippen LogP contribution in [0.15, 0.2) is 164 Å². The summed E-state index contributed by atoms with van der Waals surface area (Å²) in [4.78, 5) is 10.8. The molecule has 3 aromatic heterocycles. The Labute approximate surface area is 386 Å². The average molecular weight is 866 g/mol. The third-order valence-electron chi connectivity index (χ3n) is 12.8. The lowest BCUT2D eigenvalue weighted by Gasteiger charge is -2.28. The summed E-state index contributed by atoms with van der Waals surface area (Å²) in [5.41, 5.74) is 14.8. The number of phenolic OH excluding ortho intramolecular Hbond substituents is 1. The van der Waals surface area contributed by atoms with Crippen LogP contribution in [-0.2, 0) is 16.2 Å². The molecule has 0 aliphatic heterocycles. The van der Waals surface area contributed by atoms with Crippen LogP contribution < -0.4 is 0 Å². The van der Waals surface area contributed by atoms with E-state index in [2.05, 4.69) is 225 Å². The molecule has 0 unspecified atom stereocenters. The van der Waals surface area contributed by atoms with E-state index in [-0.39, 0.29) is 22.0 Å². The van der Waals surface area contributed by atoms with Gasteiger partial charge in [-0.15, -0.1) is 11.3 Å². The van der Waals surface area contributed by atoms with Crippen LogP contribution >= 0.6 is 11.3 Å². The van der Waals surface area contributed by atoms with Crippen molar-refractivity contribution < 1.29 is 5.11 Å². The second-order valence-corrected chi connectivity index (χ2v) is 21.6. The highest BCUT2D eigenvalue weighted by Crippen LogP contribution is 2.48. The van der Waals surface area contributed by atoms with Crippen LogP contribution in [0.1, 0.15) is 79.0 Å². The van der Waals surface area contributed by atoms with Gasteiger partial charge in [0.05, 0.1) is 28.0 Å². The van der Waals surface area contributed by atoms with E-state index in [0.717, 1.165) is 72.5 Å². The van der Waals surface area contributed by atoms with Gasteiger partial charge in [0.1, 0.15) is 11.6 Å². The molecule has 0 spiro atoms. The standard InChI is InChI=1S/C60H55N3OS/c1-58(2,3)41-27-28-51(45(34-41)38-21-14-11-15-22-38)63-52-25-18-24-43(54(52)62-57(63)48-35-42(59(4,5)6)36-49(55(48)64)60(7,8)9)40-31-46-44-23-16-17-26-53(44)65-56(46)47(32-40)50-33-39(29-30-61-50)37-19-12-10-13-20-37/h10-36,64H,1-9H3. The highest BCUT2D eigenvalue weighted by atomic mass is 32.1. The number of thiophene rings is 1. The summed E-state index contributed by atoms with van der Waals surface area (Å²) >= 11 is 1.82. The normalized spacial score (nSPS) is 12.4. The molecule has 0 saturated carbocycles. The Morgan fingerprint density at radius 2 is 1.17 bits per heavy atom. The third-order valence-corrected chi connectivity index (χ3v) is 14.1. The quantitative estimate of drug-likeness (QED) is 0.181. The number of para-hydroxylation sites is 1. The molecule has 0 aliphatic rings. The van der Waals surface area contributed by atoms with Gasteiger partial charge in [-0.1, -0.05) is 165 Å². The predicted molar refractivity (Wildman–Crippen MR) is 277 cm³/mol. The number of nitrogens with zero attached hydrogens (tertiary/aromatic N) is 3. The van der Waals surface area contributed by atoms with Gasteiger partial charge in [-0.2, -0.15) is 0 Å². The maximum Gasteiger partial charge on any atom is 0.149 e. The van der Waals surface area contributed by atoms with Gasteiger partial charge in [0.15, 0.2) is 0 Å². The van der Waals surface area contributed by atoms with Crippen molar-refractivity contribution in [3.05, 3.63) is 181 Å². The van der Waals surface area contributed by atoms with Crippen molar-refractivity contribution in [2.45, 2.75) is 78.6 Å². The summed E-state index contributed by atoms with van der Waals surface area (Å²) in [6.07, 6.45) is 1.93. The fourth-order valence-electron chi connectivity index (χ4n) is 9.17. The SMILES string of the molecule is CC(C)(C)c1ccc(-n2c(-c3cc(C(C)(C)C)cc(C(C)(C)C)c3O)nc3c(-c4cc(-c5cc(-c6ccccc6)ccn5)c5sc6ccccc6c5c4)cccc32)c(-c2ccccc2)c1. The first-order chi connectivity index (χ1) is 31.0. The number of hydrogen-bond acceptors (Lipinski definition) is 4. The second-order valence-electron chi connectivity index (χ2n) is 20.5. The maximum absolute atomic E-state index is 12.6. The molecule has 65 heavy (non-hydrogen) atoms. The number of aromatic nitrogens is 3. The highest BCUT2D eigenvalue weighted by molar-refractivity contribution is 7.26. The molecule has 4 nitrogen and oxygen atoms in total. The Kier molecular flexibility index (Phi) is 10.2. The van der Waals surface area contributed by atoms with Gasteiger partial charge in [-0.3, -0.25) is 9.55 Å². The number of benzene rings is 7. The van der Waals surface area contributed by atoms with Crippen LogP contribution in [0.2, 0.25) is 0 Å². The molecule has 0 saturated heterocycles. The molecule has 10 aromatic rings. The summed E-state index contributed by atoms with van der Waals surface area (Å²) in [7, 11) is 0. The van der Waals surface area contributed by atoms with Crippen LogP contribution in [0.5, 0.6) is 5.75 Å². The van der Waals surface area contributed by atoms with Crippen LogP contribution in [-0.4, -0.2) is 19.6 Å². The molecule has 0 amide bonds. The predicted octanol–water partition coefficient (Wildman–Crippen LogP) is 16.7. The maximum atomic E-state index is 12.6. The van der Waals surface area contributed by atoms with Crippen molar-refractivity contribution in [3.8, 4) is 67.5 Å². The zero-order chi connectivity index (χ0) is 45.4. The summed E-state index contributed by atoms with van der Waals surface area (Å²) in [5, 5.41) is 15.0. The number of aromatic hydroxyl groups is 1. The molecule has 3 heterocycles. The minimum absolute atomic E-state index is 0.0758. The highest BCUT2D eigenvalue weighted by Gasteiger charge is 2.30. The number of pyridine rings is 1. The molecule has 0 atom stereocenters. The van der Waals surface area contributed by atoms with Crippen molar-refractivity contribution in [2.24, 2.45) is 0 Å². The lowest BCUT2D eigenvalue weighted by Crippen LogP contribution is -2.17. The van der Waals surface area contributed by atoms with E-state index in [1.165, 1.54) is 25.7 Å². The summed E-state index contributed by atoms with van der Waals surface area (Å²) in [5.74, 6) is 0.954. The largest absolute Gasteiger partial charge is 0.507 e. The molecule has 5 heteroatoms. The van der Waals surface area contributed by atoms with Crippen LogP contribution in [0.3, 0.4) is 0 Å². The molecule has 0 fully saturated rings. The fourth-order valence-corrected chi connectivity index (χ4v) is 10.4. The molecular formula is C60H55N3OS. The fraction of sp³-hybridized carbons (Fsp3) is 0.200. The molecule has 322 valence electrons. The average Bonchev–Trinajstić information content (AvgIpc) is 3.87. The lowest BCUT2D eigenvalue weighted by atomic mass is 9.79. The van der Waals surface area contributed by atoms with Gasteiger partial charge in [0.2, 0.25) is 0 Å². The number of fused-ring (bicyclic) bond motifs is 4. The summed E-state index contributed by atoms with van der Waals surface area (Å²) in [6.45, 7) is 20.0. The molecule has 0 radical (unpaired) electrons. The number of phenols is 1. The van der Waals surface area contributed by atoms with E-state index in [4.69, 9.17) is 9.97 Å². The summed E-state index contributed by atoms with van der Waals surface area (Å²) in [6, 6.07) is 56.6. The van der Waals surface area contributed by atoms with Crippen molar-refractivity contribution in [1.82, 2.24) is 14.5 Å². The monoisotopic (exact) mass is 865 g/mol. The first kappa shape index (κ1) is 42.1. The first-order valence-corrected chi connectivity index (χ1v) is 23.4. The molecule has 7 aromatic carbocycles. The van der Waals surface area contributed by atoms with Crippen molar-refractivity contribution in [1.29, 1.82) is 0 Å². The van der Waals surface area contributed by atoms with Gasteiger partial charge >= 0.3 is 0 Å². The van der Waals surface area contributed by atoms with E-state index in [1.54, 1.807) is 0 Å². The van der Waals surface area contributed by atoms with E-state index in [9.17, 15) is 5.11 Å². The Morgan fingerprint density at radius 3 is 1.88 bits per heavy atom. The van der Waals surface area contributed by atoms with Gasteiger partial charge in [-0.05, 0) is 104 Å². The Morgan fingerprint density at radius 1 is 0.492 bits per heavy atom. The molecule has 10 rings (SSSR count). The smallest absolute Gasteiger partial charge is 0.149 e. The summed E-state index contributed by atoms with van der Waals surface area (Å²) < 4.78 is 4.74. The third kappa shape index (κ3) is 7.62. The number of hydrogen-bond donors (Lipinski definition) is 1. The van der Waals surface area contributed by atoms with Crippen molar-refractivity contribution >= 4 is 42.5 Å². The van der Waals surface area contributed by atoms with Gasteiger partial charge in [-0.25, -0.2) is 4.98 Å². The van der Waals surface area contributed by atoms with E-state index < -0.39 is 0 Å². The lowest BCUT2D eigenvalue weighted by molar-refractivity contribution is 0.446. The Bertz CT molecular complexity index is 3430. The number of rotatable bonds is 6. The topological polar surface area (TPSA) is 50.9 Å². The van der Waals surface area contributed by atoms with Crippen LogP contribution in [0.25, 0.3) is 92.9 Å². The van der Waals surface area contributed by atoms with Crippen molar-refractivity contribution in [3.63, 3.8) is 0 Å². The van der Waals surface area contributed by atoms with E-state index >= 15 is 0 Å². The number of imidazole rings is 1. The minimum Gasteiger partial charge on any atom is -0.507 e. The zero-order valence-electron chi connectivity index (χ0n) is 38.8. The molecular weight excluding hydrogens is 811 g/mol. The molecule has 1 N–H and O–H groups in total. The van der Waals surface area contributed by atoms with Gasteiger partial charge < -0.3 is 5.11 Å². The Balaban J connectivity index is 1.31. The first-order valence-electron chi connectivity index (χ1n) is 22.6. The second kappa shape index (κ2) is 15.7. The minimum atomic E-state index is -0.327.